The largest absolute Gasteiger partial charge is 0.309 e. The van der Waals surface area contributed by atoms with Crippen LogP contribution in [0.5, 0.6) is 0 Å². The van der Waals surface area contributed by atoms with E-state index in [-0.39, 0.29) is 0 Å². The first-order valence-electron chi connectivity index (χ1n) is 15.4. The predicted octanol–water partition coefficient (Wildman–Crippen LogP) is 12.5. The monoisotopic (exact) mass is 573 g/mol. The maximum Gasteiger partial charge on any atom is 0.0546 e. The second kappa shape index (κ2) is 11.6. The average molecular weight is 574 g/mol. The molecule has 1 nitrogen and oxygen atoms in total. The number of hydrogen-bond donors (Lipinski definition) is 0. The summed E-state index contributed by atoms with van der Waals surface area (Å²) in [5.74, 6) is 0. The highest BCUT2D eigenvalue weighted by atomic mass is 15.1. The quantitative estimate of drug-likeness (QED) is 0.191. The molecule has 0 saturated carbocycles. The van der Waals surface area contributed by atoms with Crippen molar-refractivity contribution in [2.24, 2.45) is 0 Å². The number of fused-ring (bicyclic) bond motifs is 2. The van der Waals surface area contributed by atoms with E-state index in [1.54, 1.807) is 0 Å². The lowest BCUT2D eigenvalue weighted by Crippen LogP contribution is -2.12. The summed E-state index contributed by atoms with van der Waals surface area (Å²) in [6.07, 6.45) is 0. The maximum atomic E-state index is 2.44. The molecule has 0 bridgehead atoms. The van der Waals surface area contributed by atoms with Gasteiger partial charge in [-0.05, 0) is 80.2 Å². The minimum absolute atomic E-state index is 1.11. The van der Waals surface area contributed by atoms with Crippen molar-refractivity contribution in [2.45, 2.75) is 0 Å². The Labute approximate surface area is 264 Å². The Morgan fingerprint density at radius 2 is 0.867 bits per heavy atom. The first-order valence-corrected chi connectivity index (χ1v) is 15.4. The number of hydrogen-bond acceptors (Lipinski definition) is 1. The molecule has 0 saturated heterocycles. The number of benzene rings is 8. The van der Waals surface area contributed by atoms with Crippen molar-refractivity contribution < 1.29 is 0 Å². The summed E-state index contributed by atoms with van der Waals surface area (Å²) in [5, 5.41) is 4.93. The van der Waals surface area contributed by atoms with Gasteiger partial charge in [0, 0.05) is 16.8 Å². The van der Waals surface area contributed by atoms with Crippen molar-refractivity contribution in [1.82, 2.24) is 0 Å². The first-order chi connectivity index (χ1) is 22.3. The summed E-state index contributed by atoms with van der Waals surface area (Å²) in [6, 6.07) is 67.8. The van der Waals surface area contributed by atoms with Crippen LogP contribution < -0.4 is 4.90 Å². The van der Waals surface area contributed by atoms with Crippen molar-refractivity contribution in [3.8, 4) is 33.4 Å². The van der Waals surface area contributed by atoms with Gasteiger partial charge < -0.3 is 4.90 Å². The molecule has 0 heterocycles. The highest BCUT2D eigenvalue weighted by Gasteiger charge is 2.22. The van der Waals surface area contributed by atoms with E-state index in [0.29, 0.717) is 0 Å². The van der Waals surface area contributed by atoms with E-state index in [9.17, 15) is 0 Å². The second-order valence-electron chi connectivity index (χ2n) is 11.4. The van der Waals surface area contributed by atoms with E-state index < -0.39 is 0 Å². The SMILES string of the molecule is c1ccc(-c2ccc(N(c3ccccc3)c3ccc4ccccc4c3-c3ccc4ccccc4c3)c(-c3ccccc3)c2)cc1. The van der Waals surface area contributed by atoms with E-state index in [2.05, 4.69) is 193 Å². The van der Waals surface area contributed by atoms with Crippen LogP contribution in [-0.4, -0.2) is 0 Å². The first kappa shape index (κ1) is 26.7. The van der Waals surface area contributed by atoms with Crippen LogP contribution in [0.1, 0.15) is 0 Å². The third-order valence-electron chi connectivity index (χ3n) is 8.63. The molecule has 0 aromatic heterocycles. The van der Waals surface area contributed by atoms with Gasteiger partial charge in [-0.2, -0.15) is 0 Å². The lowest BCUT2D eigenvalue weighted by atomic mass is 9.92. The van der Waals surface area contributed by atoms with Gasteiger partial charge in [0.1, 0.15) is 0 Å². The van der Waals surface area contributed by atoms with Gasteiger partial charge in [0.15, 0.2) is 0 Å². The summed E-state index contributed by atoms with van der Waals surface area (Å²) in [7, 11) is 0. The smallest absolute Gasteiger partial charge is 0.0546 e. The maximum absolute atomic E-state index is 2.44. The Kier molecular flexibility index (Phi) is 6.90. The molecule has 0 unspecified atom stereocenters. The van der Waals surface area contributed by atoms with Crippen LogP contribution in [0.4, 0.5) is 17.1 Å². The van der Waals surface area contributed by atoms with Gasteiger partial charge in [0.05, 0.1) is 11.4 Å². The number of anilines is 3. The van der Waals surface area contributed by atoms with Crippen molar-refractivity contribution >= 4 is 38.6 Å². The molecule has 0 aliphatic carbocycles. The van der Waals surface area contributed by atoms with Crippen LogP contribution >= 0.6 is 0 Å². The molecule has 0 radical (unpaired) electrons. The van der Waals surface area contributed by atoms with Crippen LogP contribution in [0.3, 0.4) is 0 Å². The van der Waals surface area contributed by atoms with Gasteiger partial charge in [0.2, 0.25) is 0 Å². The van der Waals surface area contributed by atoms with E-state index in [0.717, 1.165) is 17.1 Å². The normalized spacial score (nSPS) is 11.1. The Morgan fingerprint density at radius 1 is 0.311 bits per heavy atom. The molecule has 8 rings (SSSR count). The predicted molar refractivity (Wildman–Crippen MR) is 192 cm³/mol. The van der Waals surface area contributed by atoms with E-state index in [1.807, 2.05) is 0 Å². The molecule has 0 spiro atoms. The highest BCUT2D eigenvalue weighted by molar-refractivity contribution is 6.07. The third kappa shape index (κ3) is 5.05. The Morgan fingerprint density at radius 3 is 1.62 bits per heavy atom. The van der Waals surface area contributed by atoms with Gasteiger partial charge in [-0.25, -0.2) is 0 Å². The van der Waals surface area contributed by atoms with Gasteiger partial charge in [0.25, 0.3) is 0 Å². The lowest BCUT2D eigenvalue weighted by molar-refractivity contribution is 1.29. The van der Waals surface area contributed by atoms with Crippen LogP contribution in [0.2, 0.25) is 0 Å². The standard InChI is InChI=1S/C44H31N/c1-4-14-32(15-5-1)37-27-28-42(41(31-37)34-17-6-2-7-18-34)45(39-21-8-3-9-22-39)43-29-26-35-19-12-13-23-40(35)44(43)38-25-24-33-16-10-11-20-36(33)30-38/h1-31H. The average Bonchev–Trinajstić information content (AvgIpc) is 3.13. The van der Waals surface area contributed by atoms with Gasteiger partial charge in [-0.15, -0.1) is 0 Å². The minimum Gasteiger partial charge on any atom is -0.309 e. The van der Waals surface area contributed by atoms with Crippen LogP contribution in [0.25, 0.3) is 54.9 Å². The van der Waals surface area contributed by atoms with E-state index in [4.69, 9.17) is 0 Å². The Hall–Kier alpha value is -5.92. The molecule has 8 aromatic carbocycles. The topological polar surface area (TPSA) is 3.24 Å². The molecule has 0 amide bonds. The zero-order valence-electron chi connectivity index (χ0n) is 24.8. The van der Waals surface area contributed by atoms with Crippen LogP contribution in [0.15, 0.2) is 188 Å². The molecular weight excluding hydrogens is 542 g/mol. The molecule has 212 valence electrons. The summed E-state index contributed by atoms with van der Waals surface area (Å²) < 4.78 is 0. The molecule has 0 N–H and O–H groups in total. The van der Waals surface area contributed by atoms with Gasteiger partial charge in [-0.3, -0.25) is 0 Å². The fourth-order valence-electron chi connectivity index (χ4n) is 6.47. The molecule has 0 fully saturated rings. The second-order valence-corrected chi connectivity index (χ2v) is 11.4. The molecule has 1 heteroatoms. The minimum atomic E-state index is 1.11. The Balaban J connectivity index is 1.44. The van der Waals surface area contributed by atoms with Gasteiger partial charge >= 0.3 is 0 Å². The number of rotatable bonds is 6. The highest BCUT2D eigenvalue weighted by Crippen LogP contribution is 2.48. The zero-order chi connectivity index (χ0) is 30.0. The molecule has 45 heavy (non-hydrogen) atoms. The molecule has 8 aromatic rings. The number of para-hydroxylation sites is 1. The Bertz CT molecular complexity index is 2250. The van der Waals surface area contributed by atoms with Crippen molar-refractivity contribution in [3.05, 3.63) is 188 Å². The van der Waals surface area contributed by atoms with E-state index in [1.165, 1.54) is 54.9 Å². The number of nitrogens with zero attached hydrogens (tertiary/aromatic N) is 1. The summed E-state index contributed by atoms with van der Waals surface area (Å²) in [6.45, 7) is 0. The summed E-state index contributed by atoms with van der Waals surface area (Å²) in [5.41, 5.74) is 10.5. The third-order valence-corrected chi connectivity index (χ3v) is 8.63. The molecule has 0 aliphatic heterocycles. The van der Waals surface area contributed by atoms with E-state index >= 15 is 0 Å². The molecular formula is C44H31N. The lowest BCUT2D eigenvalue weighted by Gasteiger charge is -2.31. The van der Waals surface area contributed by atoms with Gasteiger partial charge in [-0.1, -0.05) is 152 Å². The zero-order valence-corrected chi connectivity index (χ0v) is 24.8. The molecule has 0 atom stereocenters. The van der Waals surface area contributed by atoms with Crippen LogP contribution in [-0.2, 0) is 0 Å². The van der Waals surface area contributed by atoms with Crippen molar-refractivity contribution in [1.29, 1.82) is 0 Å². The molecule has 0 aliphatic rings. The summed E-state index contributed by atoms with van der Waals surface area (Å²) >= 11 is 0. The van der Waals surface area contributed by atoms with Crippen LogP contribution in [0, 0.1) is 0 Å². The fraction of sp³-hybridized carbons (Fsp3) is 0. The summed E-state index contributed by atoms with van der Waals surface area (Å²) in [4.78, 5) is 2.44. The van der Waals surface area contributed by atoms with Crippen molar-refractivity contribution in [2.75, 3.05) is 4.90 Å². The van der Waals surface area contributed by atoms with Crippen molar-refractivity contribution in [3.63, 3.8) is 0 Å². The fourth-order valence-corrected chi connectivity index (χ4v) is 6.47.